The molecule has 2 aromatic rings. The summed E-state index contributed by atoms with van der Waals surface area (Å²) in [6, 6.07) is 12.2. The fourth-order valence-corrected chi connectivity index (χ4v) is 2.30. The van der Waals surface area contributed by atoms with Gasteiger partial charge in [0.1, 0.15) is 0 Å². The van der Waals surface area contributed by atoms with Gasteiger partial charge in [0.05, 0.1) is 18.2 Å². The highest BCUT2D eigenvalue weighted by atomic mass is 19.4. The third-order valence-corrected chi connectivity index (χ3v) is 3.74. The Bertz CT molecular complexity index is 618. The van der Waals surface area contributed by atoms with Crippen molar-refractivity contribution in [1.82, 2.24) is 0 Å². The zero-order valence-corrected chi connectivity index (χ0v) is 13.1. The van der Waals surface area contributed by atoms with Crippen LogP contribution in [-0.2, 0) is 6.18 Å². The van der Waals surface area contributed by atoms with Crippen molar-refractivity contribution in [2.75, 3.05) is 11.9 Å². The summed E-state index contributed by atoms with van der Waals surface area (Å²) in [5, 5.41) is 12.7. The van der Waals surface area contributed by atoms with E-state index >= 15 is 0 Å². The van der Waals surface area contributed by atoms with Gasteiger partial charge in [-0.3, -0.25) is 0 Å². The Kier molecular flexibility index (Phi) is 5.31. The summed E-state index contributed by atoms with van der Waals surface area (Å²) >= 11 is 0. The maximum Gasteiger partial charge on any atom is 0.416 e. The maximum absolute atomic E-state index is 12.6. The van der Waals surface area contributed by atoms with Crippen LogP contribution in [0.4, 0.5) is 18.9 Å². The first-order chi connectivity index (χ1) is 10.8. The molecule has 124 valence electrons. The van der Waals surface area contributed by atoms with Gasteiger partial charge in [-0.2, -0.15) is 13.2 Å². The summed E-state index contributed by atoms with van der Waals surface area (Å²) in [7, 11) is 0. The van der Waals surface area contributed by atoms with E-state index in [-0.39, 0.29) is 6.61 Å². The fourth-order valence-electron chi connectivity index (χ4n) is 2.30. The van der Waals surface area contributed by atoms with E-state index in [2.05, 4.69) is 19.2 Å². The molecule has 0 spiro atoms. The van der Waals surface area contributed by atoms with Crippen molar-refractivity contribution in [1.29, 1.82) is 0 Å². The zero-order chi connectivity index (χ0) is 17.0. The summed E-state index contributed by atoms with van der Waals surface area (Å²) in [4.78, 5) is 0. The van der Waals surface area contributed by atoms with E-state index in [0.29, 0.717) is 11.5 Å². The molecule has 2 nitrogen and oxygen atoms in total. The standard InChI is InChI=1S/C18H20F3NO/c1-12(2)13-5-9-16(10-6-13)22-17(11-23)14-3-7-15(8-4-14)18(19,20)21/h3-10,12,17,22-23H,11H2,1-2H3. The molecule has 2 rings (SSSR count). The molecule has 5 heteroatoms. The Balaban J connectivity index is 2.13. The molecule has 23 heavy (non-hydrogen) atoms. The van der Waals surface area contributed by atoms with Crippen LogP contribution in [0.15, 0.2) is 48.5 Å². The average Bonchev–Trinajstić information content (AvgIpc) is 2.52. The Morgan fingerprint density at radius 1 is 0.913 bits per heavy atom. The quantitative estimate of drug-likeness (QED) is 0.814. The number of alkyl halides is 3. The van der Waals surface area contributed by atoms with E-state index in [1.54, 1.807) is 0 Å². The number of hydrogen-bond acceptors (Lipinski definition) is 2. The number of nitrogens with one attached hydrogen (secondary N) is 1. The highest BCUT2D eigenvalue weighted by Gasteiger charge is 2.30. The number of aliphatic hydroxyl groups excluding tert-OH is 1. The molecule has 2 aromatic carbocycles. The van der Waals surface area contributed by atoms with Crippen LogP contribution in [-0.4, -0.2) is 11.7 Å². The van der Waals surface area contributed by atoms with Crippen molar-refractivity contribution in [2.45, 2.75) is 32.0 Å². The van der Waals surface area contributed by atoms with Gasteiger partial charge in [0, 0.05) is 5.69 Å². The van der Waals surface area contributed by atoms with Crippen LogP contribution < -0.4 is 5.32 Å². The van der Waals surface area contributed by atoms with Gasteiger partial charge in [-0.1, -0.05) is 38.1 Å². The Morgan fingerprint density at radius 3 is 1.87 bits per heavy atom. The van der Waals surface area contributed by atoms with Crippen molar-refractivity contribution in [2.24, 2.45) is 0 Å². The summed E-state index contributed by atoms with van der Waals surface area (Å²) in [5.41, 5.74) is 1.92. The number of benzene rings is 2. The van der Waals surface area contributed by atoms with E-state index in [1.807, 2.05) is 24.3 Å². The first-order valence-corrected chi connectivity index (χ1v) is 7.45. The molecule has 0 radical (unpaired) electrons. The Hall–Kier alpha value is -2.01. The first kappa shape index (κ1) is 17.3. The van der Waals surface area contributed by atoms with Gasteiger partial charge in [0.2, 0.25) is 0 Å². The van der Waals surface area contributed by atoms with Gasteiger partial charge >= 0.3 is 6.18 Å². The molecule has 2 N–H and O–H groups in total. The Morgan fingerprint density at radius 2 is 1.43 bits per heavy atom. The van der Waals surface area contributed by atoms with Crippen LogP contribution in [0.2, 0.25) is 0 Å². The average molecular weight is 323 g/mol. The number of aliphatic hydroxyl groups is 1. The van der Waals surface area contributed by atoms with Crippen molar-refractivity contribution < 1.29 is 18.3 Å². The van der Waals surface area contributed by atoms with E-state index < -0.39 is 17.8 Å². The van der Waals surface area contributed by atoms with Crippen molar-refractivity contribution >= 4 is 5.69 Å². The van der Waals surface area contributed by atoms with E-state index in [1.165, 1.54) is 17.7 Å². The summed E-state index contributed by atoms with van der Waals surface area (Å²) in [6.45, 7) is 3.99. The van der Waals surface area contributed by atoms with Gasteiger partial charge in [-0.15, -0.1) is 0 Å². The van der Waals surface area contributed by atoms with Crippen LogP contribution >= 0.6 is 0 Å². The lowest BCUT2D eigenvalue weighted by atomic mass is 10.0. The first-order valence-electron chi connectivity index (χ1n) is 7.45. The maximum atomic E-state index is 12.6. The normalized spacial score (nSPS) is 13.2. The molecular formula is C18H20F3NO. The molecule has 0 aliphatic rings. The van der Waals surface area contributed by atoms with Gasteiger partial charge in [-0.25, -0.2) is 0 Å². The van der Waals surface area contributed by atoms with Gasteiger partial charge in [0.25, 0.3) is 0 Å². The van der Waals surface area contributed by atoms with E-state index in [0.717, 1.165) is 17.8 Å². The summed E-state index contributed by atoms with van der Waals surface area (Å²) < 4.78 is 37.8. The predicted octanol–water partition coefficient (Wildman–Crippen LogP) is 4.97. The second kappa shape index (κ2) is 7.04. The SMILES string of the molecule is CC(C)c1ccc(NC(CO)c2ccc(C(F)(F)F)cc2)cc1. The van der Waals surface area contributed by atoms with Crippen LogP contribution in [0.1, 0.15) is 42.5 Å². The fraction of sp³-hybridized carbons (Fsp3) is 0.333. The molecular weight excluding hydrogens is 303 g/mol. The molecule has 0 fully saturated rings. The molecule has 0 amide bonds. The van der Waals surface area contributed by atoms with Gasteiger partial charge < -0.3 is 10.4 Å². The van der Waals surface area contributed by atoms with Crippen molar-refractivity contribution in [3.8, 4) is 0 Å². The second-order valence-corrected chi connectivity index (χ2v) is 5.78. The monoisotopic (exact) mass is 323 g/mol. The topological polar surface area (TPSA) is 32.3 Å². The van der Waals surface area contributed by atoms with E-state index in [4.69, 9.17) is 0 Å². The molecule has 0 saturated carbocycles. The van der Waals surface area contributed by atoms with Gasteiger partial charge in [0.15, 0.2) is 0 Å². The van der Waals surface area contributed by atoms with Crippen LogP contribution in [0, 0.1) is 0 Å². The minimum atomic E-state index is -4.35. The summed E-state index contributed by atoms with van der Waals surface area (Å²) in [6.07, 6.45) is -4.35. The number of hydrogen-bond donors (Lipinski definition) is 2. The van der Waals surface area contributed by atoms with Crippen molar-refractivity contribution in [3.05, 3.63) is 65.2 Å². The number of halogens is 3. The van der Waals surface area contributed by atoms with Crippen LogP contribution in [0.25, 0.3) is 0 Å². The third-order valence-electron chi connectivity index (χ3n) is 3.74. The molecule has 0 heterocycles. The Labute approximate surface area is 134 Å². The molecule has 0 aliphatic heterocycles. The van der Waals surface area contributed by atoms with E-state index in [9.17, 15) is 18.3 Å². The molecule has 0 saturated heterocycles. The lowest BCUT2D eigenvalue weighted by Crippen LogP contribution is -2.15. The van der Waals surface area contributed by atoms with Crippen molar-refractivity contribution in [3.63, 3.8) is 0 Å². The molecule has 0 aromatic heterocycles. The molecule has 0 aliphatic carbocycles. The second-order valence-electron chi connectivity index (χ2n) is 5.78. The minimum absolute atomic E-state index is 0.211. The molecule has 0 bridgehead atoms. The van der Waals surface area contributed by atoms with Gasteiger partial charge in [-0.05, 0) is 41.3 Å². The lowest BCUT2D eigenvalue weighted by molar-refractivity contribution is -0.137. The summed E-state index contributed by atoms with van der Waals surface area (Å²) in [5.74, 6) is 0.424. The zero-order valence-electron chi connectivity index (χ0n) is 13.1. The number of rotatable bonds is 5. The molecule has 1 atom stereocenters. The molecule has 1 unspecified atom stereocenters. The third kappa shape index (κ3) is 4.48. The smallest absolute Gasteiger partial charge is 0.394 e. The van der Waals surface area contributed by atoms with Crippen LogP contribution in [0.5, 0.6) is 0 Å². The predicted molar refractivity (Wildman–Crippen MR) is 85.4 cm³/mol. The largest absolute Gasteiger partial charge is 0.416 e. The minimum Gasteiger partial charge on any atom is -0.394 e. The highest BCUT2D eigenvalue weighted by Crippen LogP contribution is 2.30. The highest BCUT2D eigenvalue weighted by molar-refractivity contribution is 5.47. The van der Waals surface area contributed by atoms with Crippen LogP contribution in [0.3, 0.4) is 0 Å². The number of anilines is 1. The lowest BCUT2D eigenvalue weighted by Gasteiger charge is -2.19.